The monoisotopic (exact) mass is 513 g/mol. The van der Waals surface area contributed by atoms with Crippen LogP contribution in [0.4, 0.5) is 10.2 Å². The summed E-state index contributed by atoms with van der Waals surface area (Å²) in [5.41, 5.74) is 8.15. The van der Waals surface area contributed by atoms with Gasteiger partial charge >= 0.3 is 0 Å². The molecule has 4 heterocycles. The minimum atomic E-state index is -0.654. The van der Waals surface area contributed by atoms with Crippen molar-refractivity contribution in [3.63, 3.8) is 0 Å². The molecule has 1 aliphatic carbocycles. The molecule has 0 bridgehead atoms. The Bertz CT molecular complexity index is 1220. The van der Waals surface area contributed by atoms with E-state index in [-0.39, 0.29) is 17.9 Å². The standard InChI is InChI=1S/C26H32FN5O3S/c27-24-20(4-1-5-22(24)35-15-19-3-2-8-34-19)21-14-32(26-23(21)25(28)29-16-30-26)18-11-17(12-18)13-31-6-9-36(33)10-7-31/h1,4-5,14,16-19H,2-3,6-13,15H2,(H2,28,29,30)/t17-,18+,19-/m1/s1. The van der Waals surface area contributed by atoms with Crippen LogP contribution in [0, 0.1) is 11.7 Å². The number of anilines is 1. The number of nitrogens with zero attached hydrogens (tertiary/aromatic N) is 4. The number of ether oxygens (including phenoxy) is 2. The predicted molar refractivity (Wildman–Crippen MR) is 138 cm³/mol. The van der Waals surface area contributed by atoms with Gasteiger partial charge in [-0.25, -0.2) is 14.4 Å². The van der Waals surface area contributed by atoms with Crippen LogP contribution in [0.15, 0.2) is 30.7 Å². The Morgan fingerprint density at radius 2 is 2.03 bits per heavy atom. The number of aromatic nitrogens is 3. The van der Waals surface area contributed by atoms with E-state index in [1.807, 2.05) is 6.20 Å². The van der Waals surface area contributed by atoms with E-state index in [0.717, 1.165) is 69.1 Å². The molecule has 2 aliphatic heterocycles. The highest BCUT2D eigenvalue weighted by molar-refractivity contribution is 7.91. The van der Waals surface area contributed by atoms with Crippen LogP contribution in [0.2, 0.25) is 0 Å². The molecule has 8 nitrogen and oxygen atoms in total. The molecule has 0 spiro atoms. The molecule has 0 radical (unpaired) electrons. The largest absolute Gasteiger partial charge is 0.616 e. The molecule has 3 aromatic rings. The van der Waals surface area contributed by atoms with Crippen LogP contribution < -0.4 is 10.5 Å². The fourth-order valence-corrected chi connectivity index (χ4v) is 6.81. The van der Waals surface area contributed by atoms with Crippen LogP contribution in [0.1, 0.15) is 31.7 Å². The third-order valence-corrected chi connectivity index (χ3v) is 9.01. The second-order valence-electron chi connectivity index (χ2n) is 10.1. The van der Waals surface area contributed by atoms with Crippen LogP contribution in [0.3, 0.4) is 0 Å². The lowest BCUT2D eigenvalue weighted by molar-refractivity contribution is 0.0666. The van der Waals surface area contributed by atoms with Crippen molar-refractivity contribution in [3.8, 4) is 16.9 Å². The summed E-state index contributed by atoms with van der Waals surface area (Å²) in [6, 6.07) is 5.49. The molecule has 1 aromatic carbocycles. The first-order valence-corrected chi connectivity index (χ1v) is 14.3. The number of nitrogens with two attached hydrogens (primary N) is 1. The highest BCUT2D eigenvalue weighted by Crippen LogP contribution is 2.44. The molecule has 2 saturated heterocycles. The normalized spacial score (nSPS) is 25.3. The minimum Gasteiger partial charge on any atom is -0.616 e. The molecule has 2 aromatic heterocycles. The second kappa shape index (κ2) is 10.2. The van der Waals surface area contributed by atoms with Gasteiger partial charge in [-0.2, -0.15) is 0 Å². The van der Waals surface area contributed by atoms with E-state index in [1.54, 1.807) is 18.2 Å². The second-order valence-corrected chi connectivity index (χ2v) is 11.8. The number of nitrogen functional groups attached to an aromatic ring is 1. The van der Waals surface area contributed by atoms with Gasteiger partial charge in [-0.05, 0) is 37.7 Å². The Hall–Kier alpha value is -2.40. The number of hydrogen-bond acceptors (Lipinski definition) is 7. The summed E-state index contributed by atoms with van der Waals surface area (Å²) in [5.74, 6) is 2.29. The van der Waals surface area contributed by atoms with Gasteiger partial charge in [-0.3, -0.25) is 4.90 Å². The van der Waals surface area contributed by atoms with Gasteiger partial charge in [-0.15, -0.1) is 0 Å². The van der Waals surface area contributed by atoms with Gasteiger partial charge < -0.3 is 24.3 Å². The average molecular weight is 514 g/mol. The van der Waals surface area contributed by atoms with Gasteiger partial charge in [0.25, 0.3) is 0 Å². The summed E-state index contributed by atoms with van der Waals surface area (Å²) in [6.07, 6.45) is 7.46. The Labute approximate surface area is 213 Å². The molecule has 10 heteroatoms. The van der Waals surface area contributed by atoms with E-state index in [0.29, 0.717) is 34.9 Å². The van der Waals surface area contributed by atoms with Crippen molar-refractivity contribution in [2.45, 2.75) is 37.8 Å². The summed E-state index contributed by atoms with van der Waals surface area (Å²) in [7, 11) is 0. The maximum absolute atomic E-state index is 15.7. The third-order valence-electron chi connectivity index (χ3n) is 7.73. The number of hydrogen-bond donors (Lipinski definition) is 1. The highest BCUT2D eigenvalue weighted by atomic mass is 32.2. The van der Waals surface area contributed by atoms with Crippen molar-refractivity contribution in [1.82, 2.24) is 19.4 Å². The van der Waals surface area contributed by atoms with E-state index < -0.39 is 17.0 Å². The van der Waals surface area contributed by atoms with Gasteiger partial charge in [-0.1, -0.05) is 23.3 Å². The van der Waals surface area contributed by atoms with Gasteiger partial charge in [0.05, 0.1) is 11.5 Å². The lowest BCUT2D eigenvalue weighted by Crippen LogP contribution is -2.45. The van der Waals surface area contributed by atoms with Crippen molar-refractivity contribution in [2.75, 3.05) is 50.1 Å². The number of rotatable bonds is 7. The molecule has 192 valence electrons. The first-order chi connectivity index (χ1) is 17.6. The summed E-state index contributed by atoms with van der Waals surface area (Å²) < 4.78 is 40.9. The van der Waals surface area contributed by atoms with Crippen LogP contribution in [0.25, 0.3) is 22.2 Å². The van der Waals surface area contributed by atoms with Crippen LogP contribution in [-0.4, -0.2) is 74.4 Å². The average Bonchev–Trinajstić information content (AvgIpc) is 3.51. The van der Waals surface area contributed by atoms with Gasteiger partial charge in [0.2, 0.25) is 0 Å². The van der Waals surface area contributed by atoms with Gasteiger partial charge in [0.1, 0.15) is 35.9 Å². The Morgan fingerprint density at radius 3 is 2.81 bits per heavy atom. The minimum absolute atomic E-state index is 0.0117. The fourth-order valence-electron chi connectivity index (χ4n) is 5.68. The summed E-state index contributed by atoms with van der Waals surface area (Å²) in [6.45, 7) is 3.94. The lowest BCUT2D eigenvalue weighted by atomic mass is 9.79. The Balaban J connectivity index is 1.23. The molecule has 1 atom stereocenters. The van der Waals surface area contributed by atoms with Gasteiger partial charge in [0, 0.05) is 49.6 Å². The molecule has 1 saturated carbocycles. The number of fused-ring (bicyclic) bond motifs is 1. The molecular formula is C26H32FN5O3S. The predicted octanol–water partition coefficient (Wildman–Crippen LogP) is 3.39. The van der Waals surface area contributed by atoms with Crippen LogP contribution in [-0.2, 0) is 15.9 Å². The SMILES string of the molecule is Nc1ncnc2c1c(-c1cccc(OC[C@H]3CCCO3)c1F)cn2[C@H]1C[C@@H](CN2CC[S+]([O-])CC2)C1. The van der Waals surface area contributed by atoms with Gasteiger partial charge in [0.15, 0.2) is 11.6 Å². The van der Waals surface area contributed by atoms with Crippen molar-refractivity contribution >= 4 is 28.0 Å². The smallest absolute Gasteiger partial charge is 0.172 e. The Morgan fingerprint density at radius 1 is 1.19 bits per heavy atom. The number of halogens is 1. The number of benzene rings is 1. The molecule has 36 heavy (non-hydrogen) atoms. The van der Waals surface area contributed by atoms with Crippen LogP contribution >= 0.6 is 0 Å². The first kappa shape index (κ1) is 24.0. The zero-order chi connectivity index (χ0) is 24.6. The van der Waals surface area contributed by atoms with Crippen LogP contribution in [0.5, 0.6) is 5.75 Å². The molecule has 3 aliphatic rings. The van der Waals surface area contributed by atoms with E-state index in [1.165, 1.54) is 6.33 Å². The quantitative estimate of drug-likeness (QED) is 0.483. The summed E-state index contributed by atoms with van der Waals surface area (Å²) >= 11 is -0.654. The molecule has 3 fully saturated rings. The fraction of sp³-hybridized carbons (Fsp3) is 0.538. The molecule has 2 N–H and O–H groups in total. The molecular weight excluding hydrogens is 481 g/mol. The van der Waals surface area contributed by atoms with E-state index >= 15 is 4.39 Å². The molecule has 6 rings (SSSR count). The molecule has 0 amide bonds. The summed E-state index contributed by atoms with van der Waals surface area (Å²) in [5, 5.41) is 0.676. The van der Waals surface area contributed by atoms with Crippen molar-refractivity contribution < 1.29 is 18.4 Å². The Kier molecular flexibility index (Phi) is 6.76. The third kappa shape index (κ3) is 4.67. The lowest BCUT2D eigenvalue weighted by Gasteiger charge is -2.40. The topological polar surface area (TPSA) is 101 Å². The van der Waals surface area contributed by atoms with E-state index in [2.05, 4.69) is 19.4 Å². The maximum Gasteiger partial charge on any atom is 0.172 e. The highest BCUT2D eigenvalue weighted by Gasteiger charge is 2.35. The molecule has 0 unspecified atom stereocenters. The van der Waals surface area contributed by atoms with Crippen molar-refractivity contribution in [1.29, 1.82) is 0 Å². The zero-order valence-electron chi connectivity index (χ0n) is 20.3. The van der Waals surface area contributed by atoms with Crippen molar-refractivity contribution in [2.24, 2.45) is 5.92 Å². The first-order valence-electron chi connectivity index (χ1n) is 12.8. The zero-order valence-corrected chi connectivity index (χ0v) is 21.1. The van der Waals surface area contributed by atoms with Crippen molar-refractivity contribution in [3.05, 3.63) is 36.5 Å². The summed E-state index contributed by atoms with van der Waals surface area (Å²) in [4.78, 5) is 11.2. The maximum atomic E-state index is 15.7. The van der Waals surface area contributed by atoms with E-state index in [9.17, 15) is 4.55 Å². The van der Waals surface area contributed by atoms with E-state index in [4.69, 9.17) is 15.2 Å².